The molecule has 2 aromatic rings. The lowest BCUT2D eigenvalue weighted by molar-refractivity contribution is -0.116. The Morgan fingerprint density at radius 3 is 2.37 bits per heavy atom. The van der Waals surface area contributed by atoms with E-state index in [1.165, 1.54) is 0 Å². The lowest BCUT2D eigenvalue weighted by atomic mass is 9.98. The first-order chi connectivity index (χ1) is 14.4. The lowest BCUT2D eigenvalue weighted by Gasteiger charge is -2.34. The molecule has 0 saturated carbocycles. The molecule has 6 nitrogen and oxygen atoms in total. The average molecular weight is 446 g/mol. The molecule has 2 amide bonds. The minimum atomic E-state index is -0.0868. The van der Waals surface area contributed by atoms with Crippen molar-refractivity contribution in [2.45, 2.75) is 12.8 Å². The number of benzene rings is 2. The summed E-state index contributed by atoms with van der Waals surface area (Å²) in [6.45, 7) is 2.64. The zero-order valence-electron chi connectivity index (χ0n) is 16.3. The summed E-state index contributed by atoms with van der Waals surface area (Å²) in [4.78, 5) is 40.7. The molecule has 1 N–H and O–H groups in total. The van der Waals surface area contributed by atoms with Crippen LogP contribution in [0.25, 0.3) is 0 Å². The quantitative estimate of drug-likeness (QED) is 0.730. The highest BCUT2D eigenvalue weighted by Gasteiger charge is 2.24. The van der Waals surface area contributed by atoms with Crippen molar-refractivity contribution in [1.29, 1.82) is 0 Å². The van der Waals surface area contributed by atoms with E-state index in [-0.39, 0.29) is 17.6 Å². The Bertz CT molecular complexity index is 1020. The van der Waals surface area contributed by atoms with E-state index in [9.17, 15) is 14.4 Å². The third-order valence-electron chi connectivity index (χ3n) is 5.52. The smallest absolute Gasteiger partial charge is 0.253 e. The molecule has 1 saturated heterocycles. The van der Waals surface area contributed by atoms with Crippen LogP contribution in [0.3, 0.4) is 0 Å². The number of carbonyl (C=O) groups excluding carboxylic acids is 3. The SMILES string of the molecule is O=C1CCc2cc(C(=O)CN3CCN(C(=O)c4ccc(Cl)c(Cl)c4)CC3)ccc2N1. The number of piperazine rings is 1. The van der Waals surface area contributed by atoms with Crippen molar-refractivity contribution in [1.82, 2.24) is 9.80 Å². The van der Waals surface area contributed by atoms with Gasteiger partial charge in [-0.1, -0.05) is 23.2 Å². The molecule has 0 atom stereocenters. The minimum absolute atomic E-state index is 0.00914. The Morgan fingerprint density at radius 1 is 0.900 bits per heavy atom. The van der Waals surface area contributed by atoms with E-state index in [0.29, 0.717) is 66.7 Å². The maximum Gasteiger partial charge on any atom is 0.253 e. The van der Waals surface area contributed by atoms with Gasteiger partial charge in [-0.15, -0.1) is 0 Å². The summed E-state index contributed by atoms with van der Waals surface area (Å²) in [5.41, 5.74) is 2.95. The molecule has 0 unspecified atom stereocenters. The van der Waals surface area contributed by atoms with Crippen LogP contribution in [0.4, 0.5) is 5.69 Å². The molecular formula is C22H21Cl2N3O3. The number of nitrogens with zero attached hydrogens (tertiary/aromatic N) is 2. The van der Waals surface area contributed by atoms with Gasteiger partial charge in [0.1, 0.15) is 0 Å². The van der Waals surface area contributed by atoms with Crippen molar-refractivity contribution in [3.05, 3.63) is 63.1 Å². The van der Waals surface area contributed by atoms with E-state index in [1.807, 2.05) is 6.07 Å². The third kappa shape index (κ3) is 4.51. The van der Waals surface area contributed by atoms with Crippen molar-refractivity contribution in [2.75, 3.05) is 38.0 Å². The molecule has 0 spiro atoms. The molecule has 4 rings (SSSR count). The van der Waals surface area contributed by atoms with Crippen LogP contribution in [0, 0.1) is 0 Å². The van der Waals surface area contributed by atoms with Crippen LogP contribution in [-0.2, 0) is 11.2 Å². The Morgan fingerprint density at radius 2 is 1.63 bits per heavy atom. The topological polar surface area (TPSA) is 69.7 Å². The molecule has 0 aromatic heterocycles. The first-order valence-electron chi connectivity index (χ1n) is 9.83. The van der Waals surface area contributed by atoms with Gasteiger partial charge in [0, 0.05) is 49.4 Å². The van der Waals surface area contributed by atoms with Gasteiger partial charge in [-0.2, -0.15) is 0 Å². The Labute approximate surface area is 184 Å². The number of anilines is 1. The fourth-order valence-corrected chi connectivity index (χ4v) is 4.07. The number of Topliss-reactive ketones (excluding diaryl/α,β-unsaturated/α-hetero) is 1. The van der Waals surface area contributed by atoms with Gasteiger partial charge in [0.05, 0.1) is 16.6 Å². The molecule has 1 fully saturated rings. The number of hydrogen-bond donors (Lipinski definition) is 1. The van der Waals surface area contributed by atoms with Gasteiger partial charge < -0.3 is 10.2 Å². The highest BCUT2D eigenvalue weighted by molar-refractivity contribution is 6.42. The molecule has 2 heterocycles. The van der Waals surface area contributed by atoms with Crippen LogP contribution in [0.1, 0.15) is 32.7 Å². The molecular weight excluding hydrogens is 425 g/mol. The van der Waals surface area contributed by atoms with Crippen molar-refractivity contribution >= 4 is 46.5 Å². The van der Waals surface area contributed by atoms with Gasteiger partial charge in [0.15, 0.2) is 5.78 Å². The van der Waals surface area contributed by atoms with Crippen LogP contribution in [-0.4, -0.2) is 60.1 Å². The van der Waals surface area contributed by atoms with Gasteiger partial charge in [-0.3, -0.25) is 19.3 Å². The standard InChI is InChI=1S/C22H21Cl2N3O3/c23-17-4-1-16(12-18(17)24)22(30)27-9-7-26(8-10-27)13-20(28)15-2-5-19-14(11-15)3-6-21(29)25-19/h1-2,4-5,11-12H,3,6-10,13H2,(H,25,29). The first-order valence-corrected chi connectivity index (χ1v) is 10.6. The second-order valence-electron chi connectivity index (χ2n) is 7.54. The third-order valence-corrected chi connectivity index (χ3v) is 6.26. The van der Waals surface area contributed by atoms with Crippen molar-refractivity contribution in [2.24, 2.45) is 0 Å². The summed E-state index contributed by atoms with van der Waals surface area (Å²) in [5.74, 6) is -0.0369. The average Bonchev–Trinajstić information content (AvgIpc) is 2.75. The van der Waals surface area contributed by atoms with Crippen molar-refractivity contribution in [3.8, 4) is 0 Å². The molecule has 30 heavy (non-hydrogen) atoms. The molecule has 156 valence electrons. The normalized spacial score (nSPS) is 16.7. The van der Waals surface area contributed by atoms with Gasteiger partial charge in [0.2, 0.25) is 5.91 Å². The second kappa shape index (κ2) is 8.76. The minimum Gasteiger partial charge on any atom is -0.336 e. The van der Waals surface area contributed by atoms with E-state index in [2.05, 4.69) is 10.2 Å². The van der Waals surface area contributed by atoms with Crippen molar-refractivity contribution in [3.63, 3.8) is 0 Å². The number of nitrogens with one attached hydrogen (secondary N) is 1. The number of ketones is 1. The van der Waals surface area contributed by atoms with E-state index in [0.717, 1.165) is 11.3 Å². The van der Waals surface area contributed by atoms with Gasteiger partial charge in [0.25, 0.3) is 5.91 Å². The molecule has 0 radical (unpaired) electrons. The van der Waals surface area contributed by atoms with Crippen LogP contribution in [0.2, 0.25) is 10.0 Å². The molecule has 2 aromatic carbocycles. The number of rotatable bonds is 4. The summed E-state index contributed by atoms with van der Waals surface area (Å²) in [6.07, 6.45) is 1.09. The highest BCUT2D eigenvalue weighted by atomic mass is 35.5. The molecule has 0 aliphatic carbocycles. The number of carbonyl (C=O) groups is 3. The maximum atomic E-state index is 12.7. The second-order valence-corrected chi connectivity index (χ2v) is 8.35. The number of hydrogen-bond acceptors (Lipinski definition) is 4. The van der Waals surface area contributed by atoms with E-state index in [1.54, 1.807) is 35.2 Å². The number of fused-ring (bicyclic) bond motifs is 1. The zero-order chi connectivity index (χ0) is 21.3. The van der Waals surface area contributed by atoms with Crippen LogP contribution in [0.15, 0.2) is 36.4 Å². The van der Waals surface area contributed by atoms with Crippen LogP contribution >= 0.6 is 23.2 Å². The van der Waals surface area contributed by atoms with Crippen molar-refractivity contribution < 1.29 is 14.4 Å². The zero-order valence-corrected chi connectivity index (χ0v) is 17.8. The molecule has 2 aliphatic heterocycles. The van der Waals surface area contributed by atoms with Crippen LogP contribution < -0.4 is 5.32 Å². The Kier molecular flexibility index (Phi) is 6.09. The summed E-state index contributed by atoms with van der Waals surface area (Å²) in [6, 6.07) is 10.3. The van der Waals surface area contributed by atoms with Gasteiger partial charge >= 0.3 is 0 Å². The number of aryl methyl sites for hydroxylation is 1. The predicted octanol–water partition coefficient (Wildman–Crippen LogP) is 3.52. The fraction of sp³-hybridized carbons (Fsp3) is 0.318. The summed E-state index contributed by atoms with van der Waals surface area (Å²) in [5, 5.41) is 3.60. The first kappa shape index (κ1) is 20.8. The van der Waals surface area contributed by atoms with Crippen LogP contribution in [0.5, 0.6) is 0 Å². The number of halogens is 2. The lowest BCUT2D eigenvalue weighted by Crippen LogP contribution is -2.49. The van der Waals surface area contributed by atoms with Gasteiger partial charge in [-0.25, -0.2) is 0 Å². The highest BCUT2D eigenvalue weighted by Crippen LogP contribution is 2.25. The fourth-order valence-electron chi connectivity index (χ4n) is 3.77. The van der Waals surface area contributed by atoms with E-state index < -0.39 is 0 Å². The molecule has 8 heteroatoms. The monoisotopic (exact) mass is 445 g/mol. The van der Waals surface area contributed by atoms with E-state index >= 15 is 0 Å². The Hall–Kier alpha value is -2.41. The van der Waals surface area contributed by atoms with Gasteiger partial charge in [-0.05, 0) is 48.4 Å². The summed E-state index contributed by atoms with van der Waals surface area (Å²) < 4.78 is 0. The number of amides is 2. The summed E-state index contributed by atoms with van der Waals surface area (Å²) >= 11 is 11.9. The van der Waals surface area contributed by atoms with E-state index in [4.69, 9.17) is 23.2 Å². The maximum absolute atomic E-state index is 12.7. The largest absolute Gasteiger partial charge is 0.336 e. The Balaban J connectivity index is 1.33. The predicted molar refractivity (Wildman–Crippen MR) is 117 cm³/mol. The molecule has 0 bridgehead atoms. The molecule has 2 aliphatic rings. The summed E-state index contributed by atoms with van der Waals surface area (Å²) in [7, 11) is 0.